The molecule has 2 aromatic rings. The smallest absolute Gasteiger partial charge is 0.262 e. The lowest BCUT2D eigenvalue weighted by Gasteiger charge is -2.10. The van der Waals surface area contributed by atoms with Crippen LogP contribution in [-0.2, 0) is 9.59 Å². The highest BCUT2D eigenvalue weighted by Crippen LogP contribution is 2.17. The van der Waals surface area contributed by atoms with Crippen molar-refractivity contribution in [3.8, 4) is 5.75 Å². The van der Waals surface area contributed by atoms with Crippen LogP contribution in [0, 0.1) is 19.8 Å². The van der Waals surface area contributed by atoms with Crippen LogP contribution in [0.4, 0.5) is 11.4 Å². The summed E-state index contributed by atoms with van der Waals surface area (Å²) >= 11 is 0. The molecule has 0 aliphatic carbocycles. The molecule has 132 valence electrons. The average Bonchev–Trinajstić information content (AvgIpc) is 2.57. The molecular weight excluding hydrogens is 316 g/mol. The van der Waals surface area contributed by atoms with E-state index in [0.29, 0.717) is 17.1 Å². The Labute approximate surface area is 148 Å². The Balaban J connectivity index is 1.85. The van der Waals surface area contributed by atoms with Crippen molar-refractivity contribution in [2.75, 3.05) is 17.2 Å². The summed E-state index contributed by atoms with van der Waals surface area (Å²) in [5.41, 5.74) is 3.65. The Bertz CT molecular complexity index is 752. The van der Waals surface area contributed by atoms with Gasteiger partial charge in [0.1, 0.15) is 5.75 Å². The minimum absolute atomic E-state index is 0.0430. The Morgan fingerprint density at radius 3 is 2.08 bits per heavy atom. The van der Waals surface area contributed by atoms with E-state index < -0.39 is 0 Å². The van der Waals surface area contributed by atoms with Crippen LogP contribution < -0.4 is 15.4 Å². The van der Waals surface area contributed by atoms with Crippen molar-refractivity contribution in [2.45, 2.75) is 27.7 Å². The maximum Gasteiger partial charge on any atom is 0.262 e. The fourth-order valence-corrected chi connectivity index (χ4v) is 2.07. The third-order valence-electron chi connectivity index (χ3n) is 3.81. The highest BCUT2D eigenvalue weighted by atomic mass is 16.5. The minimum atomic E-state index is -0.239. The zero-order valence-corrected chi connectivity index (χ0v) is 15.1. The van der Waals surface area contributed by atoms with E-state index in [4.69, 9.17) is 4.74 Å². The number of hydrogen-bond acceptors (Lipinski definition) is 3. The second kappa shape index (κ2) is 8.33. The van der Waals surface area contributed by atoms with E-state index in [0.717, 1.165) is 5.56 Å². The van der Waals surface area contributed by atoms with Crippen LogP contribution in [0.1, 0.15) is 25.0 Å². The number of nitrogens with one attached hydrogen (secondary N) is 2. The van der Waals surface area contributed by atoms with Crippen molar-refractivity contribution in [3.63, 3.8) is 0 Å². The van der Waals surface area contributed by atoms with Crippen LogP contribution in [0.5, 0.6) is 5.75 Å². The van der Waals surface area contributed by atoms with Crippen molar-refractivity contribution in [2.24, 2.45) is 5.92 Å². The third kappa shape index (κ3) is 5.64. The Morgan fingerprint density at radius 1 is 0.920 bits per heavy atom. The number of aryl methyl sites for hydroxylation is 2. The van der Waals surface area contributed by atoms with E-state index in [1.807, 2.05) is 45.9 Å². The molecule has 5 heteroatoms. The number of rotatable bonds is 6. The number of carbonyl (C=O) groups excluding carboxylic acids is 2. The third-order valence-corrected chi connectivity index (χ3v) is 3.81. The van der Waals surface area contributed by atoms with Gasteiger partial charge in [0.15, 0.2) is 6.61 Å². The normalized spacial score (nSPS) is 10.4. The van der Waals surface area contributed by atoms with Crippen molar-refractivity contribution >= 4 is 23.2 Å². The molecule has 0 radical (unpaired) electrons. The summed E-state index contributed by atoms with van der Waals surface area (Å²) in [6.07, 6.45) is 0. The van der Waals surface area contributed by atoms with Crippen LogP contribution in [0.25, 0.3) is 0 Å². The van der Waals surface area contributed by atoms with Gasteiger partial charge in [0, 0.05) is 17.3 Å². The van der Waals surface area contributed by atoms with Crippen LogP contribution in [0.15, 0.2) is 42.5 Å². The number of ether oxygens (including phenoxy) is 1. The number of amides is 2. The molecule has 2 N–H and O–H groups in total. The topological polar surface area (TPSA) is 67.4 Å². The van der Waals surface area contributed by atoms with Gasteiger partial charge >= 0.3 is 0 Å². The quantitative estimate of drug-likeness (QED) is 0.837. The van der Waals surface area contributed by atoms with E-state index in [1.165, 1.54) is 5.56 Å². The molecule has 0 unspecified atom stereocenters. The molecule has 2 rings (SSSR count). The molecule has 2 amide bonds. The van der Waals surface area contributed by atoms with E-state index in [1.54, 1.807) is 24.3 Å². The predicted molar refractivity (Wildman–Crippen MR) is 100.0 cm³/mol. The zero-order chi connectivity index (χ0) is 18.4. The Hall–Kier alpha value is -2.82. The van der Waals surface area contributed by atoms with Gasteiger partial charge in [0.2, 0.25) is 5.91 Å². The average molecular weight is 340 g/mol. The fourth-order valence-electron chi connectivity index (χ4n) is 2.07. The zero-order valence-electron chi connectivity index (χ0n) is 15.1. The highest BCUT2D eigenvalue weighted by Gasteiger charge is 2.08. The van der Waals surface area contributed by atoms with Gasteiger partial charge in [-0.15, -0.1) is 0 Å². The number of hydrogen-bond donors (Lipinski definition) is 2. The molecule has 0 aliphatic heterocycles. The first-order chi connectivity index (χ1) is 11.8. The van der Waals surface area contributed by atoms with Crippen molar-refractivity contribution < 1.29 is 14.3 Å². The van der Waals surface area contributed by atoms with Gasteiger partial charge in [0.05, 0.1) is 0 Å². The molecule has 0 spiro atoms. The summed E-state index contributed by atoms with van der Waals surface area (Å²) < 4.78 is 5.51. The minimum Gasteiger partial charge on any atom is -0.484 e. The standard InChI is InChI=1S/C20H24N2O3/c1-13(2)20(24)22-17-8-6-16(7-9-17)21-19(23)12-25-18-10-5-14(3)15(4)11-18/h5-11,13H,12H2,1-4H3,(H,21,23)(H,22,24). The van der Waals surface area contributed by atoms with Crippen LogP contribution in [-0.4, -0.2) is 18.4 Å². The van der Waals surface area contributed by atoms with Gasteiger partial charge in [0.25, 0.3) is 5.91 Å². The summed E-state index contributed by atoms with van der Waals surface area (Å²) in [7, 11) is 0. The molecule has 25 heavy (non-hydrogen) atoms. The first kappa shape index (κ1) is 18.5. The molecule has 5 nitrogen and oxygen atoms in total. The number of carbonyl (C=O) groups is 2. The van der Waals surface area contributed by atoms with Gasteiger partial charge < -0.3 is 15.4 Å². The Morgan fingerprint density at radius 2 is 1.52 bits per heavy atom. The fraction of sp³-hybridized carbons (Fsp3) is 0.300. The summed E-state index contributed by atoms with van der Waals surface area (Å²) in [6, 6.07) is 12.7. The molecule has 0 aromatic heterocycles. The lowest BCUT2D eigenvalue weighted by atomic mass is 10.1. The Kier molecular flexibility index (Phi) is 6.17. The maximum atomic E-state index is 12.0. The summed E-state index contributed by atoms with van der Waals surface area (Å²) in [4.78, 5) is 23.6. The summed E-state index contributed by atoms with van der Waals surface area (Å²) in [5, 5.41) is 5.57. The van der Waals surface area contributed by atoms with Crippen LogP contribution in [0.2, 0.25) is 0 Å². The number of benzene rings is 2. The highest BCUT2D eigenvalue weighted by molar-refractivity contribution is 5.94. The van der Waals surface area contributed by atoms with E-state index >= 15 is 0 Å². The molecule has 0 heterocycles. The van der Waals surface area contributed by atoms with Crippen LogP contribution in [0.3, 0.4) is 0 Å². The van der Waals surface area contributed by atoms with Crippen molar-refractivity contribution in [3.05, 3.63) is 53.6 Å². The van der Waals surface area contributed by atoms with Gasteiger partial charge in [-0.3, -0.25) is 9.59 Å². The molecule has 0 aliphatic rings. The molecular formula is C20H24N2O3. The largest absolute Gasteiger partial charge is 0.484 e. The second-order valence-electron chi connectivity index (χ2n) is 6.30. The first-order valence-corrected chi connectivity index (χ1v) is 8.26. The van der Waals surface area contributed by atoms with Gasteiger partial charge in [-0.1, -0.05) is 19.9 Å². The van der Waals surface area contributed by atoms with Gasteiger partial charge in [-0.05, 0) is 61.4 Å². The van der Waals surface area contributed by atoms with Gasteiger partial charge in [-0.25, -0.2) is 0 Å². The second-order valence-corrected chi connectivity index (χ2v) is 6.30. The van der Waals surface area contributed by atoms with Gasteiger partial charge in [-0.2, -0.15) is 0 Å². The summed E-state index contributed by atoms with van der Waals surface area (Å²) in [6.45, 7) is 7.63. The van der Waals surface area contributed by atoms with Crippen LogP contribution >= 0.6 is 0 Å². The molecule has 0 saturated carbocycles. The van der Waals surface area contributed by atoms with E-state index in [2.05, 4.69) is 10.6 Å². The van der Waals surface area contributed by atoms with Crippen molar-refractivity contribution in [1.82, 2.24) is 0 Å². The van der Waals surface area contributed by atoms with E-state index in [-0.39, 0.29) is 24.3 Å². The van der Waals surface area contributed by atoms with E-state index in [9.17, 15) is 9.59 Å². The molecule has 0 fully saturated rings. The first-order valence-electron chi connectivity index (χ1n) is 8.26. The summed E-state index contributed by atoms with van der Waals surface area (Å²) in [5.74, 6) is 0.308. The molecule has 0 atom stereocenters. The lowest BCUT2D eigenvalue weighted by Crippen LogP contribution is -2.20. The monoisotopic (exact) mass is 340 g/mol. The predicted octanol–water partition coefficient (Wildman–Crippen LogP) is 3.92. The number of anilines is 2. The SMILES string of the molecule is Cc1ccc(OCC(=O)Nc2ccc(NC(=O)C(C)C)cc2)cc1C. The molecule has 2 aromatic carbocycles. The molecule has 0 bridgehead atoms. The molecule has 0 saturated heterocycles. The maximum absolute atomic E-state index is 12.0. The van der Waals surface area contributed by atoms with Crippen molar-refractivity contribution in [1.29, 1.82) is 0 Å². The lowest BCUT2D eigenvalue weighted by molar-refractivity contribution is -0.119.